The van der Waals surface area contributed by atoms with Gasteiger partial charge in [0.25, 0.3) is 0 Å². The highest BCUT2D eigenvalue weighted by Crippen LogP contribution is 2.07. The average Bonchev–Trinajstić information content (AvgIpc) is 2.98. The van der Waals surface area contributed by atoms with E-state index in [1.165, 1.54) is 17.1 Å². The van der Waals surface area contributed by atoms with Crippen LogP contribution in [0.1, 0.15) is 6.92 Å². The summed E-state index contributed by atoms with van der Waals surface area (Å²) in [5, 5.41) is 14.3. The first-order valence-electron chi connectivity index (χ1n) is 7.19. The zero-order chi connectivity index (χ0) is 16.9. The Kier molecular flexibility index (Phi) is 9.52. The number of hydrogen-bond donors (Lipinski definition) is 0. The summed E-state index contributed by atoms with van der Waals surface area (Å²) in [6.07, 6.45) is 2.54. The van der Waals surface area contributed by atoms with E-state index in [1.807, 2.05) is 0 Å². The fourth-order valence-corrected chi connectivity index (χ4v) is 1.53. The highest BCUT2D eigenvalue weighted by atomic mass is 16.6. The lowest BCUT2D eigenvalue weighted by Gasteiger charge is -2.06. The highest BCUT2D eigenvalue weighted by molar-refractivity contribution is 5.70. The molecule has 130 valence electrons. The summed E-state index contributed by atoms with van der Waals surface area (Å²) in [7, 11) is 0. The minimum absolute atomic E-state index is 0.0452. The molecular formula is C13H21N3O7. The molecule has 0 saturated carbocycles. The number of carbonyl (C=O) groups is 1. The van der Waals surface area contributed by atoms with Crippen molar-refractivity contribution in [3.05, 3.63) is 22.5 Å². The van der Waals surface area contributed by atoms with Gasteiger partial charge in [0.05, 0.1) is 51.1 Å². The van der Waals surface area contributed by atoms with Gasteiger partial charge in [0.2, 0.25) is 0 Å². The van der Waals surface area contributed by atoms with Gasteiger partial charge in [-0.3, -0.25) is 14.8 Å². The Balaban J connectivity index is 1.89. The number of rotatable bonds is 13. The largest absolute Gasteiger partial charge is 0.464 e. The Labute approximate surface area is 133 Å². The van der Waals surface area contributed by atoms with E-state index in [9.17, 15) is 14.9 Å². The fourth-order valence-electron chi connectivity index (χ4n) is 1.53. The van der Waals surface area contributed by atoms with Crippen molar-refractivity contribution in [1.82, 2.24) is 9.78 Å². The SMILES string of the molecule is CCOC(=O)COCCOCCOCCn1cc([N+](=O)[O-])cn1. The number of aromatic nitrogens is 2. The third-order valence-corrected chi connectivity index (χ3v) is 2.56. The van der Waals surface area contributed by atoms with Gasteiger partial charge >= 0.3 is 11.7 Å². The minimum Gasteiger partial charge on any atom is -0.464 e. The molecular weight excluding hydrogens is 310 g/mol. The van der Waals surface area contributed by atoms with Crippen molar-refractivity contribution in [1.29, 1.82) is 0 Å². The number of carbonyl (C=O) groups excluding carboxylic acids is 1. The highest BCUT2D eigenvalue weighted by Gasteiger charge is 2.08. The molecule has 0 atom stereocenters. The molecule has 10 heteroatoms. The maximum atomic E-state index is 11.0. The van der Waals surface area contributed by atoms with Crippen LogP contribution in [0.4, 0.5) is 5.69 Å². The number of nitrogens with zero attached hydrogens (tertiary/aromatic N) is 3. The van der Waals surface area contributed by atoms with Crippen molar-refractivity contribution in [3.63, 3.8) is 0 Å². The smallest absolute Gasteiger partial charge is 0.332 e. The average molecular weight is 331 g/mol. The summed E-state index contributed by atoms with van der Waals surface area (Å²) in [6.45, 7) is 4.23. The first-order valence-corrected chi connectivity index (χ1v) is 7.19. The number of ether oxygens (including phenoxy) is 4. The van der Waals surface area contributed by atoms with Crippen molar-refractivity contribution in [3.8, 4) is 0 Å². The zero-order valence-electron chi connectivity index (χ0n) is 13.0. The molecule has 1 aromatic rings. The Morgan fingerprint density at radius 2 is 1.87 bits per heavy atom. The summed E-state index contributed by atoms with van der Waals surface area (Å²) < 4.78 is 21.8. The Morgan fingerprint density at radius 3 is 2.48 bits per heavy atom. The molecule has 0 spiro atoms. The standard InChI is InChI=1S/C13H21N3O7/c1-2-23-13(17)11-22-8-7-21-6-5-20-4-3-15-10-12(9-14-15)16(18)19/h9-10H,2-8,11H2,1H3. The molecule has 0 N–H and O–H groups in total. The van der Waals surface area contributed by atoms with Crippen LogP contribution in [0.3, 0.4) is 0 Å². The maximum absolute atomic E-state index is 11.0. The molecule has 0 aromatic carbocycles. The monoisotopic (exact) mass is 331 g/mol. The van der Waals surface area contributed by atoms with Crippen molar-refractivity contribution in [2.24, 2.45) is 0 Å². The second-order valence-corrected chi connectivity index (χ2v) is 4.30. The van der Waals surface area contributed by atoms with Gasteiger partial charge in [0.15, 0.2) is 0 Å². The number of hydrogen-bond acceptors (Lipinski definition) is 8. The molecule has 1 rings (SSSR count). The summed E-state index contributed by atoms with van der Waals surface area (Å²) >= 11 is 0. The normalized spacial score (nSPS) is 10.7. The zero-order valence-corrected chi connectivity index (χ0v) is 13.0. The molecule has 0 aliphatic rings. The molecule has 0 radical (unpaired) electrons. The van der Waals surface area contributed by atoms with Gasteiger partial charge in [-0.1, -0.05) is 0 Å². The predicted molar refractivity (Wildman–Crippen MR) is 78.0 cm³/mol. The Bertz CT molecular complexity index is 478. The van der Waals surface area contributed by atoms with Gasteiger partial charge in [0, 0.05) is 0 Å². The Morgan fingerprint density at radius 1 is 1.22 bits per heavy atom. The lowest BCUT2D eigenvalue weighted by Crippen LogP contribution is -2.16. The first kappa shape index (κ1) is 19.0. The topological polar surface area (TPSA) is 115 Å². The third-order valence-electron chi connectivity index (χ3n) is 2.56. The predicted octanol–water partition coefficient (Wildman–Crippen LogP) is 0.404. The molecule has 0 saturated heterocycles. The summed E-state index contributed by atoms with van der Waals surface area (Å²) in [5.41, 5.74) is -0.0452. The van der Waals surface area contributed by atoms with E-state index >= 15 is 0 Å². The quantitative estimate of drug-likeness (QED) is 0.221. The van der Waals surface area contributed by atoms with E-state index in [-0.39, 0.29) is 12.3 Å². The molecule has 0 bridgehead atoms. The molecule has 23 heavy (non-hydrogen) atoms. The van der Waals surface area contributed by atoms with E-state index in [4.69, 9.17) is 18.9 Å². The van der Waals surface area contributed by atoms with Gasteiger partial charge in [-0.05, 0) is 6.92 Å². The van der Waals surface area contributed by atoms with Crippen LogP contribution in [0.25, 0.3) is 0 Å². The summed E-state index contributed by atoms with van der Waals surface area (Å²) in [5.74, 6) is -0.394. The third kappa shape index (κ3) is 8.86. The van der Waals surface area contributed by atoms with Crippen LogP contribution >= 0.6 is 0 Å². The lowest BCUT2D eigenvalue weighted by molar-refractivity contribution is -0.385. The summed E-state index contributed by atoms with van der Waals surface area (Å²) in [6, 6.07) is 0. The van der Waals surface area contributed by atoms with Crippen molar-refractivity contribution >= 4 is 11.7 Å². The van der Waals surface area contributed by atoms with Crippen molar-refractivity contribution < 1.29 is 28.7 Å². The van der Waals surface area contributed by atoms with Gasteiger partial charge in [-0.15, -0.1) is 0 Å². The minimum atomic E-state index is -0.498. The molecule has 0 aliphatic heterocycles. The van der Waals surface area contributed by atoms with Crippen molar-refractivity contribution in [2.75, 3.05) is 46.2 Å². The van der Waals surface area contributed by atoms with Crippen molar-refractivity contribution in [2.45, 2.75) is 13.5 Å². The lowest BCUT2D eigenvalue weighted by atomic mass is 10.6. The van der Waals surface area contributed by atoms with Gasteiger partial charge < -0.3 is 18.9 Å². The van der Waals surface area contributed by atoms with Crippen LogP contribution in [-0.4, -0.2) is 66.9 Å². The molecule has 0 amide bonds. The van der Waals surface area contributed by atoms with E-state index in [2.05, 4.69) is 5.10 Å². The maximum Gasteiger partial charge on any atom is 0.332 e. The number of esters is 1. The second kappa shape index (κ2) is 11.5. The van der Waals surface area contributed by atoms with E-state index < -0.39 is 10.9 Å². The van der Waals surface area contributed by atoms with Crippen LogP contribution in [0.5, 0.6) is 0 Å². The van der Waals surface area contributed by atoms with Gasteiger partial charge in [-0.25, -0.2) is 4.79 Å². The molecule has 0 aliphatic carbocycles. The second-order valence-electron chi connectivity index (χ2n) is 4.30. The molecule has 0 fully saturated rings. The van der Waals surface area contributed by atoms with E-state index in [0.717, 1.165) is 0 Å². The first-order chi connectivity index (χ1) is 11.1. The van der Waals surface area contributed by atoms with Crippen LogP contribution in [0.15, 0.2) is 12.4 Å². The molecule has 1 heterocycles. The molecule has 10 nitrogen and oxygen atoms in total. The van der Waals surface area contributed by atoms with Crippen LogP contribution in [-0.2, 0) is 30.3 Å². The van der Waals surface area contributed by atoms with Crippen LogP contribution in [0, 0.1) is 10.1 Å². The molecule has 0 unspecified atom stereocenters. The molecule has 1 aromatic heterocycles. The van der Waals surface area contributed by atoms with Gasteiger partial charge in [-0.2, -0.15) is 5.10 Å². The van der Waals surface area contributed by atoms with E-state index in [1.54, 1.807) is 6.92 Å². The summed E-state index contributed by atoms with van der Waals surface area (Å²) in [4.78, 5) is 20.9. The van der Waals surface area contributed by atoms with Crippen LogP contribution < -0.4 is 0 Å². The van der Waals surface area contributed by atoms with Gasteiger partial charge in [0.1, 0.15) is 19.0 Å². The Hall–Kier alpha value is -2.04. The number of nitro groups is 1. The fraction of sp³-hybridized carbons (Fsp3) is 0.692. The van der Waals surface area contributed by atoms with Crippen LogP contribution in [0.2, 0.25) is 0 Å². The van der Waals surface area contributed by atoms with E-state index in [0.29, 0.717) is 46.2 Å².